The number of hydrogen-bond donors (Lipinski definition) is 2. The largest absolute Gasteiger partial charge is 0.368 e. The first-order chi connectivity index (χ1) is 8.58. The summed E-state index contributed by atoms with van der Waals surface area (Å²) in [5, 5.41) is 3.28. The molecule has 3 N–H and O–H groups in total. The van der Waals surface area contributed by atoms with E-state index in [9.17, 15) is 9.18 Å². The summed E-state index contributed by atoms with van der Waals surface area (Å²) in [6.45, 7) is 0.565. The molecule has 1 amide bonds. The van der Waals surface area contributed by atoms with Gasteiger partial charge in [0.25, 0.3) is 0 Å². The number of nitrogens with one attached hydrogen (secondary N) is 1. The maximum atomic E-state index is 13.8. The van der Waals surface area contributed by atoms with Gasteiger partial charge in [0.05, 0.1) is 6.54 Å². The smallest absolute Gasteiger partial charge is 0.236 e. The molecule has 0 aromatic heterocycles. The van der Waals surface area contributed by atoms with E-state index in [2.05, 4.69) is 5.32 Å². The number of rotatable bonds is 6. The van der Waals surface area contributed by atoms with Crippen LogP contribution in [0.3, 0.4) is 0 Å². The molecule has 0 atom stereocenters. The molecule has 0 radical (unpaired) electrons. The number of amides is 1. The molecule has 1 fully saturated rings. The zero-order valence-corrected chi connectivity index (χ0v) is 10.4. The van der Waals surface area contributed by atoms with Crippen LogP contribution in [0.2, 0.25) is 0 Å². The Balaban J connectivity index is 2.15. The molecule has 1 saturated carbocycles. The molecule has 98 valence electrons. The first-order valence-corrected chi connectivity index (χ1v) is 6.08. The van der Waals surface area contributed by atoms with Crippen LogP contribution in [0.15, 0.2) is 18.2 Å². The van der Waals surface area contributed by atoms with Crippen molar-refractivity contribution >= 4 is 11.6 Å². The van der Waals surface area contributed by atoms with Gasteiger partial charge in [0, 0.05) is 30.9 Å². The molecule has 1 aliphatic carbocycles. The maximum Gasteiger partial charge on any atom is 0.236 e. The third-order valence-electron chi connectivity index (χ3n) is 3.04. The Kier molecular flexibility index (Phi) is 3.81. The molecule has 2 rings (SSSR count). The van der Waals surface area contributed by atoms with Crippen LogP contribution < -0.4 is 16.0 Å². The van der Waals surface area contributed by atoms with Gasteiger partial charge in [-0.3, -0.25) is 4.79 Å². The fourth-order valence-corrected chi connectivity index (χ4v) is 1.93. The van der Waals surface area contributed by atoms with Crippen molar-refractivity contribution < 1.29 is 9.18 Å². The summed E-state index contributed by atoms with van der Waals surface area (Å²) < 4.78 is 13.8. The number of hydrogen-bond acceptors (Lipinski definition) is 3. The second-order valence-electron chi connectivity index (χ2n) is 4.72. The summed E-state index contributed by atoms with van der Waals surface area (Å²) in [4.78, 5) is 12.6. The third-order valence-corrected chi connectivity index (χ3v) is 3.04. The van der Waals surface area contributed by atoms with Crippen molar-refractivity contribution in [2.75, 3.05) is 18.5 Å². The predicted molar refractivity (Wildman–Crippen MR) is 68.7 cm³/mol. The number of carbonyl (C=O) groups excluding carboxylic acids is 1. The minimum absolute atomic E-state index is 0.0832. The van der Waals surface area contributed by atoms with Crippen molar-refractivity contribution in [2.45, 2.75) is 25.4 Å². The van der Waals surface area contributed by atoms with Crippen LogP contribution in [-0.2, 0) is 11.3 Å². The molecular formula is C13H18FN3O. The molecule has 0 spiro atoms. The fourth-order valence-electron chi connectivity index (χ4n) is 1.93. The Morgan fingerprint density at radius 3 is 2.89 bits per heavy atom. The van der Waals surface area contributed by atoms with E-state index in [1.807, 2.05) is 0 Å². The number of primary amides is 1. The van der Waals surface area contributed by atoms with E-state index in [0.717, 1.165) is 12.8 Å². The first kappa shape index (κ1) is 12.8. The fraction of sp³-hybridized carbons (Fsp3) is 0.462. The van der Waals surface area contributed by atoms with Gasteiger partial charge in [0.15, 0.2) is 0 Å². The van der Waals surface area contributed by atoms with Gasteiger partial charge in [-0.2, -0.15) is 0 Å². The number of nitrogens with zero attached hydrogens (tertiary/aromatic N) is 1. The van der Waals surface area contributed by atoms with Crippen molar-refractivity contribution in [3.63, 3.8) is 0 Å². The second kappa shape index (κ2) is 5.35. The average Bonchev–Trinajstić information content (AvgIpc) is 3.10. The van der Waals surface area contributed by atoms with Crippen molar-refractivity contribution in [1.82, 2.24) is 5.32 Å². The minimum Gasteiger partial charge on any atom is -0.368 e. The van der Waals surface area contributed by atoms with Gasteiger partial charge >= 0.3 is 0 Å². The molecule has 1 aliphatic rings. The lowest BCUT2D eigenvalue weighted by molar-refractivity contribution is -0.116. The lowest BCUT2D eigenvalue weighted by atomic mass is 10.1. The molecule has 5 heteroatoms. The zero-order chi connectivity index (χ0) is 13.1. The maximum absolute atomic E-state index is 13.8. The van der Waals surface area contributed by atoms with Gasteiger partial charge in [0.2, 0.25) is 5.91 Å². The Labute approximate surface area is 106 Å². The van der Waals surface area contributed by atoms with Crippen molar-refractivity contribution in [1.29, 1.82) is 0 Å². The Bertz CT molecular complexity index is 446. The second-order valence-corrected chi connectivity index (χ2v) is 4.72. The summed E-state index contributed by atoms with van der Waals surface area (Å²) in [5.74, 6) is -0.681. The predicted octanol–water partition coefficient (Wildman–Crippen LogP) is 0.999. The van der Waals surface area contributed by atoms with E-state index in [1.54, 1.807) is 24.1 Å². The van der Waals surface area contributed by atoms with Crippen molar-refractivity contribution in [3.8, 4) is 0 Å². The van der Waals surface area contributed by atoms with Crippen LogP contribution in [-0.4, -0.2) is 25.5 Å². The normalized spacial score (nSPS) is 14.6. The Hall–Kier alpha value is -1.62. The molecular weight excluding hydrogens is 233 g/mol. The van der Waals surface area contributed by atoms with Crippen LogP contribution in [0.5, 0.6) is 0 Å². The molecule has 0 saturated heterocycles. The van der Waals surface area contributed by atoms with Crippen LogP contribution >= 0.6 is 0 Å². The number of carbonyl (C=O) groups is 1. The van der Waals surface area contributed by atoms with Crippen LogP contribution in [0.4, 0.5) is 10.1 Å². The van der Waals surface area contributed by atoms with E-state index in [-0.39, 0.29) is 12.4 Å². The number of halogens is 1. The molecule has 0 aliphatic heterocycles. The highest BCUT2D eigenvalue weighted by Crippen LogP contribution is 2.25. The van der Waals surface area contributed by atoms with Gasteiger partial charge in [-0.15, -0.1) is 0 Å². The van der Waals surface area contributed by atoms with Gasteiger partial charge in [-0.25, -0.2) is 4.39 Å². The average molecular weight is 251 g/mol. The van der Waals surface area contributed by atoms with E-state index in [4.69, 9.17) is 5.73 Å². The van der Waals surface area contributed by atoms with Crippen LogP contribution in [0, 0.1) is 5.82 Å². The number of nitrogens with two attached hydrogens (primary N) is 1. The molecule has 1 aromatic carbocycles. The highest BCUT2D eigenvalue weighted by atomic mass is 19.1. The molecule has 18 heavy (non-hydrogen) atoms. The first-order valence-electron chi connectivity index (χ1n) is 6.08. The van der Waals surface area contributed by atoms with E-state index < -0.39 is 5.91 Å². The number of likely N-dealkylation sites (N-methyl/N-ethyl adjacent to an activating group) is 1. The SMILES string of the molecule is CN(CC(N)=O)c1cccc(F)c1CNC1CC1. The minimum atomic E-state index is -0.428. The number of anilines is 1. The van der Waals surface area contributed by atoms with E-state index in [0.29, 0.717) is 23.8 Å². The quantitative estimate of drug-likeness (QED) is 0.793. The van der Waals surface area contributed by atoms with Crippen molar-refractivity contribution in [3.05, 3.63) is 29.6 Å². The summed E-state index contributed by atoms with van der Waals surface area (Å²) >= 11 is 0. The van der Waals surface area contributed by atoms with Crippen LogP contribution in [0.25, 0.3) is 0 Å². The topological polar surface area (TPSA) is 58.4 Å². The molecule has 4 nitrogen and oxygen atoms in total. The summed E-state index contributed by atoms with van der Waals surface area (Å²) in [5.41, 5.74) is 6.46. The lowest BCUT2D eigenvalue weighted by Crippen LogP contribution is -2.32. The number of benzene rings is 1. The van der Waals surface area contributed by atoms with Gasteiger partial charge in [-0.05, 0) is 25.0 Å². The highest BCUT2D eigenvalue weighted by Gasteiger charge is 2.22. The third kappa shape index (κ3) is 3.20. The molecule has 0 heterocycles. The van der Waals surface area contributed by atoms with Gasteiger partial charge in [0.1, 0.15) is 5.82 Å². The van der Waals surface area contributed by atoms with Crippen LogP contribution in [0.1, 0.15) is 18.4 Å². The lowest BCUT2D eigenvalue weighted by Gasteiger charge is -2.21. The van der Waals surface area contributed by atoms with E-state index >= 15 is 0 Å². The molecule has 0 unspecified atom stereocenters. The van der Waals surface area contributed by atoms with E-state index in [1.165, 1.54) is 6.07 Å². The Morgan fingerprint density at radius 2 is 2.28 bits per heavy atom. The summed E-state index contributed by atoms with van der Waals surface area (Å²) in [7, 11) is 1.74. The highest BCUT2D eigenvalue weighted by molar-refractivity contribution is 5.79. The summed E-state index contributed by atoms with van der Waals surface area (Å²) in [6, 6.07) is 5.39. The molecule has 0 bridgehead atoms. The van der Waals surface area contributed by atoms with Gasteiger partial charge < -0.3 is 16.0 Å². The Morgan fingerprint density at radius 1 is 1.56 bits per heavy atom. The van der Waals surface area contributed by atoms with Crippen molar-refractivity contribution in [2.24, 2.45) is 5.73 Å². The van der Waals surface area contributed by atoms with Gasteiger partial charge in [-0.1, -0.05) is 6.07 Å². The standard InChI is InChI=1S/C13H18FN3O/c1-17(8-13(15)18)12-4-2-3-11(14)10(12)7-16-9-5-6-9/h2-4,9,16H,5-8H2,1H3,(H2,15,18). The zero-order valence-electron chi connectivity index (χ0n) is 10.4. The monoisotopic (exact) mass is 251 g/mol. The molecule has 1 aromatic rings. The summed E-state index contributed by atoms with van der Waals surface area (Å²) in [6.07, 6.45) is 2.31.